The second kappa shape index (κ2) is 8.28. The van der Waals surface area contributed by atoms with Crippen LogP contribution in [0.4, 0.5) is 4.79 Å². The molecule has 1 fully saturated rings. The maximum atomic E-state index is 12.4. The summed E-state index contributed by atoms with van der Waals surface area (Å²) in [7, 11) is 4.83. The van der Waals surface area contributed by atoms with Crippen LogP contribution >= 0.6 is 0 Å². The Morgan fingerprint density at radius 3 is 2.48 bits per heavy atom. The molecule has 2 rings (SSSR count). The fourth-order valence-electron chi connectivity index (χ4n) is 3.02. The van der Waals surface area contributed by atoms with Crippen molar-refractivity contribution < 1.29 is 23.9 Å². The first kappa shape index (κ1) is 20.5. The van der Waals surface area contributed by atoms with Crippen LogP contribution in [0, 0.1) is 0 Å². The highest BCUT2D eigenvalue weighted by atomic mass is 16.5. The zero-order chi connectivity index (χ0) is 20.2. The minimum absolute atomic E-state index is 0.0776. The molecule has 0 spiro atoms. The molecule has 0 aromatic heterocycles. The van der Waals surface area contributed by atoms with Crippen molar-refractivity contribution >= 4 is 17.8 Å². The number of ether oxygens (including phenoxy) is 2. The molecule has 0 bridgehead atoms. The van der Waals surface area contributed by atoms with Crippen LogP contribution in [0.5, 0.6) is 11.5 Å². The highest BCUT2D eigenvalue weighted by Crippen LogP contribution is 2.31. The predicted octanol–water partition coefficient (Wildman–Crippen LogP) is 1.77. The van der Waals surface area contributed by atoms with Crippen LogP contribution in [0.1, 0.15) is 32.3 Å². The lowest BCUT2D eigenvalue weighted by atomic mass is 10.1. The summed E-state index contributed by atoms with van der Waals surface area (Å²) in [5, 5.41) is 2.63. The van der Waals surface area contributed by atoms with Crippen LogP contribution < -0.4 is 14.8 Å². The van der Waals surface area contributed by atoms with E-state index in [1.165, 1.54) is 4.90 Å². The van der Waals surface area contributed by atoms with E-state index < -0.39 is 11.6 Å². The number of hydrogen-bond acceptors (Lipinski definition) is 5. The monoisotopic (exact) mass is 377 g/mol. The van der Waals surface area contributed by atoms with Gasteiger partial charge in [0.2, 0.25) is 5.91 Å². The molecule has 27 heavy (non-hydrogen) atoms. The third kappa shape index (κ3) is 4.50. The van der Waals surface area contributed by atoms with E-state index >= 15 is 0 Å². The van der Waals surface area contributed by atoms with Gasteiger partial charge in [-0.1, -0.05) is 12.1 Å². The summed E-state index contributed by atoms with van der Waals surface area (Å²) in [4.78, 5) is 39.2. The molecule has 0 saturated carbocycles. The van der Waals surface area contributed by atoms with Gasteiger partial charge in [0.15, 0.2) is 11.5 Å². The van der Waals surface area contributed by atoms with Crippen LogP contribution in [0.15, 0.2) is 18.2 Å². The summed E-state index contributed by atoms with van der Waals surface area (Å²) in [6.07, 6.45) is 0.647. The lowest BCUT2D eigenvalue weighted by Crippen LogP contribution is -2.40. The topological polar surface area (TPSA) is 88.2 Å². The summed E-state index contributed by atoms with van der Waals surface area (Å²) in [6.45, 7) is 3.91. The lowest BCUT2D eigenvalue weighted by Gasteiger charge is -2.20. The minimum Gasteiger partial charge on any atom is -0.493 e. The number of rotatable bonds is 8. The van der Waals surface area contributed by atoms with E-state index in [-0.39, 0.29) is 24.8 Å². The van der Waals surface area contributed by atoms with Crippen molar-refractivity contribution in [3.63, 3.8) is 0 Å². The SMILES string of the molecule is COc1cccc(CN(C)C(=O)CCCN2C(=O)NC(C)(C)C2=O)c1OC. The second-order valence-electron chi connectivity index (χ2n) is 7.02. The number of para-hydroxylation sites is 1. The maximum Gasteiger partial charge on any atom is 0.325 e. The summed E-state index contributed by atoms with van der Waals surface area (Å²) < 4.78 is 10.7. The number of urea groups is 1. The number of carbonyl (C=O) groups excluding carboxylic acids is 3. The number of benzene rings is 1. The summed E-state index contributed by atoms with van der Waals surface area (Å²) in [5.74, 6) is 0.860. The number of carbonyl (C=O) groups is 3. The average Bonchev–Trinajstić information content (AvgIpc) is 2.82. The Balaban J connectivity index is 1.90. The molecule has 1 N–H and O–H groups in total. The smallest absolute Gasteiger partial charge is 0.325 e. The molecule has 1 saturated heterocycles. The standard InChI is InChI=1S/C19H27N3O5/c1-19(2)17(24)22(18(25)20-19)11-7-10-15(23)21(3)12-13-8-6-9-14(26-4)16(13)27-5/h6,8-9H,7,10-12H2,1-5H3,(H,20,25). The molecule has 8 heteroatoms. The number of nitrogens with zero attached hydrogens (tertiary/aromatic N) is 2. The largest absolute Gasteiger partial charge is 0.493 e. The van der Waals surface area contributed by atoms with Crippen molar-refractivity contribution in [2.45, 2.75) is 38.8 Å². The van der Waals surface area contributed by atoms with Gasteiger partial charge >= 0.3 is 6.03 Å². The Morgan fingerprint density at radius 1 is 1.22 bits per heavy atom. The van der Waals surface area contributed by atoms with Crippen LogP contribution in [0.3, 0.4) is 0 Å². The van der Waals surface area contributed by atoms with Crippen molar-refractivity contribution in [1.82, 2.24) is 15.1 Å². The van der Waals surface area contributed by atoms with E-state index in [1.54, 1.807) is 46.1 Å². The van der Waals surface area contributed by atoms with Crippen molar-refractivity contribution in [3.05, 3.63) is 23.8 Å². The summed E-state index contributed by atoms with van der Waals surface area (Å²) >= 11 is 0. The first-order valence-electron chi connectivity index (χ1n) is 8.79. The number of nitrogens with one attached hydrogen (secondary N) is 1. The highest BCUT2D eigenvalue weighted by Gasteiger charge is 2.43. The number of hydrogen-bond donors (Lipinski definition) is 1. The second-order valence-corrected chi connectivity index (χ2v) is 7.02. The minimum atomic E-state index is -0.888. The van der Waals surface area contributed by atoms with Gasteiger partial charge in [-0.25, -0.2) is 4.79 Å². The predicted molar refractivity (Wildman–Crippen MR) is 99.6 cm³/mol. The van der Waals surface area contributed by atoms with E-state index in [0.717, 1.165) is 5.56 Å². The molecule has 4 amide bonds. The van der Waals surface area contributed by atoms with Crippen LogP contribution in [-0.4, -0.2) is 61.0 Å². The fraction of sp³-hybridized carbons (Fsp3) is 0.526. The van der Waals surface area contributed by atoms with E-state index in [4.69, 9.17) is 9.47 Å². The molecule has 1 aromatic rings. The van der Waals surface area contributed by atoms with Crippen molar-refractivity contribution in [2.75, 3.05) is 27.8 Å². The van der Waals surface area contributed by atoms with Crippen LogP contribution in [0.25, 0.3) is 0 Å². The molecule has 0 radical (unpaired) electrons. The molecule has 0 unspecified atom stereocenters. The maximum absolute atomic E-state index is 12.4. The molecule has 1 heterocycles. The average molecular weight is 377 g/mol. The number of methoxy groups -OCH3 is 2. The normalized spacial score (nSPS) is 15.5. The first-order valence-corrected chi connectivity index (χ1v) is 8.79. The summed E-state index contributed by atoms with van der Waals surface area (Å²) in [6, 6.07) is 5.10. The molecular weight excluding hydrogens is 350 g/mol. The Morgan fingerprint density at radius 2 is 1.93 bits per heavy atom. The van der Waals surface area contributed by atoms with Gasteiger partial charge < -0.3 is 19.7 Å². The molecule has 148 valence electrons. The summed E-state index contributed by atoms with van der Waals surface area (Å²) in [5.41, 5.74) is -0.0515. The van der Waals surface area contributed by atoms with Gasteiger partial charge in [0.05, 0.1) is 14.2 Å². The molecule has 1 aromatic carbocycles. The van der Waals surface area contributed by atoms with Gasteiger partial charge in [-0.05, 0) is 26.3 Å². The van der Waals surface area contributed by atoms with E-state index in [9.17, 15) is 14.4 Å². The zero-order valence-corrected chi connectivity index (χ0v) is 16.5. The zero-order valence-electron chi connectivity index (χ0n) is 16.5. The van der Waals surface area contributed by atoms with Crippen LogP contribution in [0.2, 0.25) is 0 Å². The number of imide groups is 1. The van der Waals surface area contributed by atoms with Gasteiger partial charge in [0, 0.05) is 32.1 Å². The van der Waals surface area contributed by atoms with E-state index in [1.807, 2.05) is 12.1 Å². The first-order chi connectivity index (χ1) is 12.7. The highest BCUT2D eigenvalue weighted by molar-refractivity contribution is 6.06. The number of amides is 4. The third-order valence-electron chi connectivity index (χ3n) is 4.53. The van der Waals surface area contributed by atoms with E-state index in [0.29, 0.717) is 24.5 Å². The van der Waals surface area contributed by atoms with Gasteiger partial charge in [-0.2, -0.15) is 0 Å². The van der Waals surface area contributed by atoms with Crippen molar-refractivity contribution in [1.29, 1.82) is 0 Å². The van der Waals surface area contributed by atoms with Gasteiger partial charge in [-0.3, -0.25) is 14.5 Å². The molecule has 0 aliphatic carbocycles. The Bertz CT molecular complexity index is 732. The quantitative estimate of drug-likeness (QED) is 0.698. The lowest BCUT2D eigenvalue weighted by molar-refractivity contribution is -0.132. The molecular formula is C19H27N3O5. The third-order valence-corrected chi connectivity index (χ3v) is 4.53. The van der Waals surface area contributed by atoms with Gasteiger partial charge in [0.25, 0.3) is 5.91 Å². The van der Waals surface area contributed by atoms with Gasteiger partial charge in [0.1, 0.15) is 5.54 Å². The fourth-order valence-corrected chi connectivity index (χ4v) is 3.02. The van der Waals surface area contributed by atoms with E-state index in [2.05, 4.69) is 5.32 Å². The molecule has 1 aliphatic heterocycles. The molecule has 1 aliphatic rings. The molecule has 0 atom stereocenters. The Kier molecular flexibility index (Phi) is 6.30. The Hall–Kier alpha value is -2.77. The van der Waals surface area contributed by atoms with Crippen molar-refractivity contribution in [3.8, 4) is 11.5 Å². The van der Waals surface area contributed by atoms with Crippen LogP contribution in [-0.2, 0) is 16.1 Å². The van der Waals surface area contributed by atoms with Crippen molar-refractivity contribution in [2.24, 2.45) is 0 Å². The van der Waals surface area contributed by atoms with Gasteiger partial charge in [-0.15, -0.1) is 0 Å². The molecule has 8 nitrogen and oxygen atoms in total. The Labute approximate surface area is 159 Å².